The summed E-state index contributed by atoms with van der Waals surface area (Å²) in [5.41, 5.74) is 0.512. The molecule has 0 aromatic carbocycles. The van der Waals surface area contributed by atoms with E-state index < -0.39 is 0 Å². The summed E-state index contributed by atoms with van der Waals surface area (Å²) < 4.78 is 0. The van der Waals surface area contributed by atoms with Crippen molar-refractivity contribution in [1.29, 1.82) is 0 Å². The van der Waals surface area contributed by atoms with Gasteiger partial charge in [0.25, 0.3) is 0 Å². The van der Waals surface area contributed by atoms with E-state index in [1.807, 2.05) is 19.1 Å². The Hall–Kier alpha value is -1.49. The highest BCUT2D eigenvalue weighted by Crippen LogP contribution is 1.90. The molecule has 11 heavy (non-hydrogen) atoms. The van der Waals surface area contributed by atoms with Gasteiger partial charge in [-0.15, -0.1) is 6.42 Å². The van der Waals surface area contributed by atoms with E-state index in [0.717, 1.165) is 6.42 Å². The largest absolute Gasteiger partial charge is 0.322 e. The van der Waals surface area contributed by atoms with Crippen molar-refractivity contribution in [2.75, 3.05) is 0 Å². The highest BCUT2D eigenvalue weighted by atomic mass is 16.1. The highest BCUT2D eigenvalue weighted by Gasteiger charge is 1.84. The van der Waals surface area contributed by atoms with E-state index in [-0.39, 0.29) is 0 Å². The first-order valence-corrected chi connectivity index (χ1v) is 3.33. The van der Waals surface area contributed by atoms with Crippen LogP contribution in [-0.4, -0.2) is 6.41 Å². The molecule has 0 aliphatic carbocycles. The van der Waals surface area contributed by atoms with Crippen LogP contribution in [0, 0.1) is 12.3 Å². The van der Waals surface area contributed by atoms with Crippen molar-refractivity contribution in [3.8, 4) is 12.3 Å². The van der Waals surface area contributed by atoms with E-state index in [2.05, 4.69) is 11.2 Å². The van der Waals surface area contributed by atoms with E-state index >= 15 is 0 Å². The molecule has 0 rings (SSSR count). The first-order chi connectivity index (χ1) is 5.35. The summed E-state index contributed by atoms with van der Waals surface area (Å²) in [6.45, 7) is 1.93. The lowest BCUT2D eigenvalue weighted by molar-refractivity contribution is -0.108. The lowest BCUT2D eigenvalue weighted by Gasteiger charge is -1.92. The highest BCUT2D eigenvalue weighted by molar-refractivity contribution is 5.53. The van der Waals surface area contributed by atoms with Gasteiger partial charge in [-0.2, -0.15) is 0 Å². The lowest BCUT2D eigenvalue weighted by Crippen LogP contribution is -2.07. The van der Waals surface area contributed by atoms with Crippen LogP contribution in [-0.2, 0) is 4.79 Å². The second-order valence-corrected chi connectivity index (χ2v) is 1.83. The molecule has 0 aliphatic rings. The molecule has 0 atom stereocenters. The summed E-state index contributed by atoms with van der Waals surface area (Å²) >= 11 is 0. The van der Waals surface area contributed by atoms with Gasteiger partial charge >= 0.3 is 0 Å². The smallest absolute Gasteiger partial charge is 0.211 e. The first kappa shape index (κ1) is 9.51. The molecule has 0 saturated heterocycles. The Balaban J connectivity index is 3.92. The molecule has 0 unspecified atom stereocenters. The standard InChI is InChI=1S/C9H11NO/c1-3-5-6-7-9(4-2)10-8-11/h2-3,5,7-8H,6H2,1H3,(H,10,11)/b5-3-,9-7+. The average molecular weight is 149 g/mol. The number of rotatable bonds is 4. The molecule has 0 heterocycles. The molecule has 1 N–H and O–H groups in total. The lowest BCUT2D eigenvalue weighted by atomic mass is 10.3. The fourth-order valence-electron chi connectivity index (χ4n) is 0.545. The van der Waals surface area contributed by atoms with E-state index in [0.29, 0.717) is 12.1 Å². The molecule has 0 fully saturated rings. The van der Waals surface area contributed by atoms with E-state index in [9.17, 15) is 4.79 Å². The summed E-state index contributed by atoms with van der Waals surface area (Å²) in [7, 11) is 0. The second kappa shape index (κ2) is 6.63. The Bertz CT molecular complexity index is 208. The van der Waals surface area contributed by atoms with Crippen LogP contribution < -0.4 is 5.32 Å². The number of hydrogen-bond acceptors (Lipinski definition) is 1. The van der Waals surface area contributed by atoms with Gasteiger partial charge in [0.15, 0.2) is 0 Å². The third kappa shape index (κ3) is 4.98. The van der Waals surface area contributed by atoms with Gasteiger partial charge in [0, 0.05) is 0 Å². The number of terminal acetylenes is 1. The summed E-state index contributed by atoms with van der Waals surface area (Å²) in [4.78, 5) is 9.94. The zero-order valence-corrected chi connectivity index (χ0v) is 6.50. The van der Waals surface area contributed by atoms with Gasteiger partial charge in [0.2, 0.25) is 6.41 Å². The Morgan fingerprint density at radius 2 is 2.45 bits per heavy atom. The molecular formula is C9H11NO. The van der Waals surface area contributed by atoms with E-state index in [1.54, 1.807) is 6.08 Å². The van der Waals surface area contributed by atoms with Crippen molar-refractivity contribution in [2.45, 2.75) is 13.3 Å². The van der Waals surface area contributed by atoms with Gasteiger partial charge in [0.05, 0.1) is 5.70 Å². The van der Waals surface area contributed by atoms with Crippen molar-refractivity contribution in [3.05, 3.63) is 23.9 Å². The monoisotopic (exact) mass is 149 g/mol. The van der Waals surface area contributed by atoms with Crippen molar-refractivity contribution in [2.24, 2.45) is 0 Å². The van der Waals surface area contributed by atoms with Crippen molar-refractivity contribution in [1.82, 2.24) is 5.32 Å². The number of nitrogens with one attached hydrogen (secondary N) is 1. The van der Waals surface area contributed by atoms with Crippen LogP contribution in [0.5, 0.6) is 0 Å². The molecule has 0 radical (unpaired) electrons. The molecule has 0 spiro atoms. The third-order valence-electron chi connectivity index (χ3n) is 1.06. The maximum atomic E-state index is 9.94. The predicted octanol–water partition coefficient (Wildman–Crippen LogP) is 1.22. The van der Waals surface area contributed by atoms with Crippen LogP contribution in [0.25, 0.3) is 0 Å². The average Bonchev–Trinajstić information content (AvgIpc) is 2.03. The number of allylic oxidation sites excluding steroid dienone is 4. The number of hydrogen-bond donors (Lipinski definition) is 1. The molecular weight excluding hydrogens is 138 g/mol. The topological polar surface area (TPSA) is 29.1 Å². The van der Waals surface area contributed by atoms with Gasteiger partial charge in [-0.05, 0) is 19.4 Å². The van der Waals surface area contributed by atoms with Crippen molar-refractivity contribution >= 4 is 6.41 Å². The number of amides is 1. The molecule has 0 aliphatic heterocycles. The van der Waals surface area contributed by atoms with Crippen molar-refractivity contribution in [3.63, 3.8) is 0 Å². The summed E-state index contributed by atoms with van der Waals surface area (Å²) in [5.74, 6) is 2.35. The minimum Gasteiger partial charge on any atom is -0.322 e. The van der Waals surface area contributed by atoms with E-state index in [4.69, 9.17) is 6.42 Å². The normalized spacial score (nSPS) is 11.1. The first-order valence-electron chi connectivity index (χ1n) is 3.33. The van der Waals surface area contributed by atoms with Crippen LogP contribution in [0.2, 0.25) is 0 Å². The Labute approximate surface area is 67.0 Å². The van der Waals surface area contributed by atoms with Gasteiger partial charge in [-0.1, -0.05) is 18.1 Å². The van der Waals surface area contributed by atoms with Crippen LogP contribution in [0.4, 0.5) is 0 Å². The van der Waals surface area contributed by atoms with Crippen LogP contribution in [0.3, 0.4) is 0 Å². The third-order valence-corrected chi connectivity index (χ3v) is 1.06. The maximum absolute atomic E-state index is 9.94. The fraction of sp³-hybridized carbons (Fsp3) is 0.222. The van der Waals surface area contributed by atoms with Crippen LogP contribution >= 0.6 is 0 Å². The molecule has 2 nitrogen and oxygen atoms in total. The SMILES string of the molecule is C#C/C(=C\C/C=C\C)NC=O. The zero-order chi connectivity index (χ0) is 8.53. The molecule has 58 valence electrons. The quantitative estimate of drug-likeness (QED) is 0.363. The Morgan fingerprint density at radius 3 is 2.91 bits per heavy atom. The van der Waals surface area contributed by atoms with Crippen LogP contribution in [0.15, 0.2) is 23.9 Å². The second-order valence-electron chi connectivity index (χ2n) is 1.83. The molecule has 0 aromatic rings. The number of carbonyl (C=O) groups excluding carboxylic acids is 1. The summed E-state index contributed by atoms with van der Waals surface area (Å²) in [6.07, 6.45) is 12.0. The van der Waals surface area contributed by atoms with Gasteiger partial charge < -0.3 is 5.32 Å². The molecule has 0 bridgehead atoms. The number of carbonyl (C=O) groups is 1. The van der Waals surface area contributed by atoms with Gasteiger partial charge in [-0.3, -0.25) is 4.79 Å². The molecule has 1 amide bonds. The molecule has 2 heteroatoms. The minimum atomic E-state index is 0.512. The van der Waals surface area contributed by atoms with Gasteiger partial charge in [-0.25, -0.2) is 0 Å². The van der Waals surface area contributed by atoms with Crippen molar-refractivity contribution < 1.29 is 4.79 Å². The predicted molar refractivity (Wildman–Crippen MR) is 45.5 cm³/mol. The molecule has 0 aromatic heterocycles. The maximum Gasteiger partial charge on any atom is 0.211 e. The zero-order valence-electron chi connectivity index (χ0n) is 6.50. The van der Waals surface area contributed by atoms with Gasteiger partial charge in [0.1, 0.15) is 0 Å². The Kier molecular flexibility index (Phi) is 5.73. The summed E-state index contributed by atoms with van der Waals surface area (Å²) in [5, 5.41) is 2.40. The van der Waals surface area contributed by atoms with Crippen LogP contribution in [0.1, 0.15) is 13.3 Å². The molecule has 0 saturated carbocycles. The summed E-state index contributed by atoms with van der Waals surface area (Å²) in [6, 6.07) is 0. The van der Waals surface area contributed by atoms with E-state index in [1.165, 1.54) is 0 Å². The minimum absolute atomic E-state index is 0.512. The fourth-order valence-corrected chi connectivity index (χ4v) is 0.545. The Morgan fingerprint density at radius 1 is 1.73 bits per heavy atom.